The van der Waals surface area contributed by atoms with E-state index in [4.69, 9.17) is 8.94 Å². The van der Waals surface area contributed by atoms with Gasteiger partial charge in [0.15, 0.2) is 11.6 Å². The van der Waals surface area contributed by atoms with Crippen molar-refractivity contribution in [2.24, 2.45) is 5.92 Å². The smallest absolute Gasteiger partial charge is 0.289 e. The van der Waals surface area contributed by atoms with E-state index in [0.29, 0.717) is 41.9 Å². The molecular weight excluding hydrogens is 349 g/mol. The predicted molar refractivity (Wildman–Crippen MR) is 95.3 cm³/mol. The second kappa shape index (κ2) is 7.73. The molecule has 1 fully saturated rings. The van der Waals surface area contributed by atoms with E-state index in [9.17, 15) is 9.18 Å². The molecule has 3 aromatic rings. The van der Waals surface area contributed by atoms with E-state index < -0.39 is 0 Å². The summed E-state index contributed by atoms with van der Waals surface area (Å²) < 4.78 is 23.5. The summed E-state index contributed by atoms with van der Waals surface area (Å²) in [5.41, 5.74) is 0.697. The van der Waals surface area contributed by atoms with Crippen LogP contribution in [0.1, 0.15) is 35.6 Å². The third-order valence-electron chi connectivity index (χ3n) is 4.87. The van der Waals surface area contributed by atoms with Crippen molar-refractivity contribution in [3.8, 4) is 11.5 Å². The van der Waals surface area contributed by atoms with E-state index in [2.05, 4.69) is 10.1 Å². The zero-order valence-corrected chi connectivity index (χ0v) is 14.8. The van der Waals surface area contributed by atoms with Crippen molar-refractivity contribution in [3.63, 3.8) is 0 Å². The minimum atomic E-state index is -0.301. The van der Waals surface area contributed by atoms with Crippen LogP contribution in [0.3, 0.4) is 0 Å². The topological polar surface area (TPSA) is 72.4 Å². The van der Waals surface area contributed by atoms with Gasteiger partial charge in [0.25, 0.3) is 11.8 Å². The Morgan fingerprint density at radius 1 is 1.26 bits per heavy atom. The lowest BCUT2D eigenvalue weighted by atomic mass is 9.93. The maximum absolute atomic E-state index is 13.0. The Labute approximate surface area is 156 Å². The number of aromatic nitrogens is 2. The summed E-state index contributed by atoms with van der Waals surface area (Å²) in [5, 5.41) is 4.02. The van der Waals surface area contributed by atoms with Gasteiger partial charge in [0.2, 0.25) is 0 Å². The molecule has 1 atom stereocenters. The van der Waals surface area contributed by atoms with E-state index in [1.54, 1.807) is 24.3 Å². The number of piperidine rings is 1. The Kier molecular flexibility index (Phi) is 5.00. The number of carbonyl (C=O) groups excluding carboxylic acids is 1. The molecule has 7 heteroatoms. The van der Waals surface area contributed by atoms with Crippen molar-refractivity contribution in [2.45, 2.75) is 25.7 Å². The van der Waals surface area contributed by atoms with Crippen molar-refractivity contribution in [3.05, 3.63) is 60.1 Å². The van der Waals surface area contributed by atoms with E-state index in [1.165, 1.54) is 18.4 Å². The number of likely N-dealkylation sites (tertiary alicyclic amines) is 1. The van der Waals surface area contributed by atoms with Crippen molar-refractivity contribution < 1.29 is 18.1 Å². The number of carbonyl (C=O) groups is 1. The quantitative estimate of drug-likeness (QED) is 0.681. The number of amides is 1. The first-order valence-corrected chi connectivity index (χ1v) is 9.10. The Hall–Kier alpha value is -2.96. The maximum atomic E-state index is 13.0. The molecule has 1 aliphatic rings. The zero-order chi connectivity index (χ0) is 18.6. The van der Waals surface area contributed by atoms with Gasteiger partial charge >= 0.3 is 0 Å². The number of hydrogen-bond acceptors (Lipinski definition) is 5. The van der Waals surface area contributed by atoms with Crippen LogP contribution in [0.2, 0.25) is 0 Å². The normalized spacial score (nSPS) is 17.2. The predicted octanol–water partition coefficient (Wildman–Crippen LogP) is 3.95. The Bertz CT molecular complexity index is 890. The number of furan rings is 1. The van der Waals surface area contributed by atoms with Gasteiger partial charge in [-0.2, -0.15) is 4.98 Å². The van der Waals surface area contributed by atoms with Crippen LogP contribution < -0.4 is 0 Å². The summed E-state index contributed by atoms with van der Waals surface area (Å²) in [7, 11) is 0. The second-order valence-corrected chi connectivity index (χ2v) is 6.80. The van der Waals surface area contributed by atoms with Crippen molar-refractivity contribution in [1.82, 2.24) is 15.0 Å². The first kappa shape index (κ1) is 17.5. The molecule has 4 rings (SSSR count). The summed E-state index contributed by atoms with van der Waals surface area (Å²) in [4.78, 5) is 18.7. The first-order valence-electron chi connectivity index (χ1n) is 9.10. The lowest BCUT2D eigenvalue weighted by Gasteiger charge is -2.32. The molecular formula is C20H20FN3O3. The highest BCUT2D eigenvalue weighted by Gasteiger charge is 2.26. The van der Waals surface area contributed by atoms with Gasteiger partial charge in [0.1, 0.15) is 5.82 Å². The van der Waals surface area contributed by atoms with Crippen LogP contribution >= 0.6 is 0 Å². The van der Waals surface area contributed by atoms with Gasteiger partial charge < -0.3 is 13.8 Å². The lowest BCUT2D eigenvalue weighted by molar-refractivity contribution is 0.0636. The summed E-state index contributed by atoms with van der Waals surface area (Å²) >= 11 is 0. The molecule has 3 heterocycles. The van der Waals surface area contributed by atoms with Crippen LogP contribution in [0.15, 0.2) is 51.6 Å². The minimum absolute atomic E-state index is 0.0529. The average Bonchev–Trinajstić information content (AvgIpc) is 3.39. The van der Waals surface area contributed by atoms with Crippen molar-refractivity contribution >= 4 is 5.91 Å². The van der Waals surface area contributed by atoms with E-state index in [-0.39, 0.29) is 11.7 Å². The fourth-order valence-corrected chi connectivity index (χ4v) is 3.44. The third-order valence-corrected chi connectivity index (χ3v) is 4.87. The van der Waals surface area contributed by atoms with E-state index in [1.807, 2.05) is 4.90 Å². The summed E-state index contributed by atoms with van der Waals surface area (Å²) in [5.74, 6) is 1.45. The number of halogens is 1. The Morgan fingerprint density at radius 2 is 2.11 bits per heavy atom. The molecule has 0 bridgehead atoms. The largest absolute Gasteiger partial charge is 0.459 e. The SMILES string of the molecule is O=C(c1ccco1)N1CCCC(CCc2noc(-c3ccc(F)cc3)n2)C1. The average molecular weight is 369 g/mol. The molecule has 6 nitrogen and oxygen atoms in total. The molecule has 0 aliphatic carbocycles. The highest BCUT2D eigenvalue weighted by Crippen LogP contribution is 2.24. The summed E-state index contributed by atoms with van der Waals surface area (Å²) in [6.07, 6.45) is 5.13. The highest BCUT2D eigenvalue weighted by molar-refractivity contribution is 5.91. The zero-order valence-electron chi connectivity index (χ0n) is 14.8. The molecule has 140 valence electrons. The molecule has 0 radical (unpaired) electrons. The lowest BCUT2D eigenvalue weighted by Crippen LogP contribution is -2.39. The second-order valence-electron chi connectivity index (χ2n) is 6.80. The number of aryl methyl sites for hydroxylation is 1. The van der Waals surface area contributed by atoms with Crippen molar-refractivity contribution in [2.75, 3.05) is 13.1 Å². The van der Waals surface area contributed by atoms with Crippen LogP contribution in [-0.4, -0.2) is 34.0 Å². The van der Waals surface area contributed by atoms with Crippen LogP contribution in [0.25, 0.3) is 11.5 Å². The Balaban J connectivity index is 1.33. The number of hydrogen-bond donors (Lipinski definition) is 0. The third kappa shape index (κ3) is 4.07. The van der Waals surface area contributed by atoms with Crippen LogP contribution in [0.4, 0.5) is 4.39 Å². The monoisotopic (exact) mass is 369 g/mol. The van der Waals surface area contributed by atoms with Gasteiger partial charge in [0.05, 0.1) is 6.26 Å². The number of nitrogens with zero attached hydrogens (tertiary/aromatic N) is 3. The van der Waals surface area contributed by atoms with Gasteiger partial charge in [-0.1, -0.05) is 5.16 Å². The van der Waals surface area contributed by atoms with Gasteiger partial charge in [-0.05, 0) is 61.6 Å². The minimum Gasteiger partial charge on any atom is -0.459 e. The first-order chi connectivity index (χ1) is 13.2. The maximum Gasteiger partial charge on any atom is 0.289 e. The molecule has 1 aromatic carbocycles. The summed E-state index contributed by atoms with van der Waals surface area (Å²) in [6, 6.07) is 9.39. The molecule has 1 aliphatic heterocycles. The fourth-order valence-electron chi connectivity index (χ4n) is 3.44. The molecule has 0 saturated carbocycles. The van der Waals surface area contributed by atoms with Crippen LogP contribution in [0.5, 0.6) is 0 Å². The number of benzene rings is 1. The molecule has 0 spiro atoms. The van der Waals surface area contributed by atoms with Crippen LogP contribution in [-0.2, 0) is 6.42 Å². The molecule has 27 heavy (non-hydrogen) atoms. The van der Waals surface area contributed by atoms with Gasteiger partial charge in [-0.25, -0.2) is 4.39 Å². The molecule has 1 saturated heterocycles. The molecule has 1 amide bonds. The summed E-state index contributed by atoms with van der Waals surface area (Å²) in [6.45, 7) is 1.47. The van der Waals surface area contributed by atoms with E-state index in [0.717, 1.165) is 25.8 Å². The van der Waals surface area contributed by atoms with Gasteiger partial charge in [-0.15, -0.1) is 0 Å². The van der Waals surface area contributed by atoms with E-state index >= 15 is 0 Å². The van der Waals surface area contributed by atoms with Gasteiger partial charge in [-0.3, -0.25) is 4.79 Å². The molecule has 2 aromatic heterocycles. The number of rotatable bonds is 5. The molecule has 1 unspecified atom stereocenters. The standard InChI is InChI=1S/C20H20FN3O3/c21-16-8-6-15(7-9-16)19-22-18(23-27-19)10-5-14-3-1-11-24(13-14)20(25)17-4-2-12-26-17/h2,4,6-9,12,14H,1,3,5,10-11,13H2. The van der Waals surface area contributed by atoms with Crippen molar-refractivity contribution in [1.29, 1.82) is 0 Å². The highest BCUT2D eigenvalue weighted by atomic mass is 19.1. The van der Waals surface area contributed by atoms with Gasteiger partial charge in [0, 0.05) is 25.1 Å². The van der Waals surface area contributed by atoms with Crippen LogP contribution in [0, 0.1) is 11.7 Å². The Morgan fingerprint density at radius 3 is 2.89 bits per heavy atom. The molecule has 0 N–H and O–H groups in total. The fraction of sp³-hybridized carbons (Fsp3) is 0.350.